The van der Waals surface area contributed by atoms with Gasteiger partial charge in [0.05, 0.1) is 10.1 Å². The molecule has 2 N–H and O–H groups in total. The highest BCUT2D eigenvalue weighted by atomic mass is 32.2. The van der Waals surface area contributed by atoms with Crippen LogP contribution >= 0.6 is 11.8 Å². The van der Waals surface area contributed by atoms with Crippen LogP contribution in [0.5, 0.6) is 23.0 Å². The van der Waals surface area contributed by atoms with Gasteiger partial charge in [0.25, 0.3) is 0 Å². The minimum absolute atomic E-state index is 0.180. The molecule has 2 aliphatic rings. The van der Waals surface area contributed by atoms with Gasteiger partial charge in [-0.2, -0.15) is 0 Å². The van der Waals surface area contributed by atoms with Crippen molar-refractivity contribution in [2.45, 2.75) is 36.0 Å². The van der Waals surface area contributed by atoms with Gasteiger partial charge in [-0.3, -0.25) is 4.90 Å². The van der Waals surface area contributed by atoms with Gasteiger partial charge in [0, 0.05) is 6.04 Å². The average molecular weight is 466 g/mol. The van der Waals surface area contributed by atoms with E-state index in [1.54, 1.807) is 42.1 Å². The van der Waals surface area contributed by atoms with Gasteiger partial charge in [0.2, 0.25) is 0 Å². The Morgan fingerprint density at radius 3 is 2.39 bits per heavy atom. The molecule has 174 valence electrons. The highest BCUT2D eigenvalue weighted by Gasteiger charge is 2.22. The van der Waals surface area contributed by atoms with Crippen molar-refractivity contribution in [2.75, 3.05) is 26.3 Å². The first-order valence-electron chi connectivity index (χ1n) is 11.4. The molecule has 0 bridgehead atoms. The Balaban J connectivity index is 0.000000160. The molecule has 0 radical (unpaired) electrons. The van der Waals surface area contributed by atoms with Crippen LogP contribution in [0.1, 0.15) is 30.6 Å². The number of benzene rings is 3. The average Bonchev–Trinajstić information content (AvgIpc) is 3.39. The van der Waals surface area contributed by atoms with Crippen LogP contribution in [-0.4, -0.2) is 47.5 Å². The Morgan fingerprint density at radius 1 is 0.970 bits per heavy atom. The third-order valence-corrected chi connectivity index (χ3v) is 7.12. The Labute approximate surface area is 200 Å². The largest absolute Gasteiger partial charge is 0.508 e. The van der Waals surface area contributed by atoms with Crippen molar-refractivity contribution >= 4 is 11.8 Å². The number of fused-ring (bicyclic) bond motifs is 1. The van der Waals surface area contributed by atoms with Gasteiger partial charge in [0.1, 0.15) is 36.2 Å². The lowest BCUT2D eigenvalue weighted by Gasteiger charge is -2.25. The molecule has 5 nitrogen and oxygen atoms in total. The van der Waals surface area contributed by atoms with E-state index in [-0.39, 0.29) is 16.7 Å². The quantitative estimate of drug-likeness (QED) is 0.491. The van der Waals surface area contributed by atoms with E-state index in [1.165, 1.54) is 25.9 Å². The minimum Gasteiger partial charge on any atom is -0.508 e. The highest BCUT2D eigenvalue weighted by Crippen LogP contribution is 2.45. The van der Waals surface area contributed by atoms with E-state index in [2.05, 4.69) is 11.8 Å². The predicted molar refractivity (Wildman–Crippen MR) is 133 cm³/mol. The van der Waals surface area contributed by atoms with E-state index in [9.17, 15) is 10.2 Å². The fourth-order valence-electron chi connectivity index (χ4n) is 3.94. The number of para-hydroxylation sites is 1. The Kier molecular flexibility index (Phi) is 8.02. The lowest BCUT2D eigenvalue weighted by Crippen LogP contribution is -2.34. The van der Waals surface area contributed by atoms with Crippen LogP contribution < -0.4 is 9.47 Å². The number of phenols is 2. The molecule has 2 aliphatic heterocycles. The summed E-state index contributed by atoms with van der Waals surface area (Å²) in [5, 5.41) is 18.9. The number of ether oxygens (including phenoxy) is 2. The first-order valence-corrected chi connectivity index (χ1v) is 12.3. The van der Waals surface area contributed by atoms with E-state index >= 15 is 0 Å². The molecule has 0 aliphatic carbocycles. The maximum Gasteiger partial charge on any atom is 0.133 e. The van der Waals surface area contributed by atoms with Gasteiger partial charge in [-0.1, -0.05) is 30.3 Å². The van der Waals surface area contributed by atoms with Crippen LogP contribution in [0, 0.1) is 0 Å². The number of hydrogen-bond acceptors (Lipinski definition) is 6. The summed E-state index contributed by atoms with van der Waals surface area (Å²) in [7, 11) is 0. The maximum atomic E-state index is 9.48. The molecule has 5 rings (SSSR count). The molecule has 1 saturated heterocycles. The molecule has 2 heterocycles. The Morgan fingerprint density at radius 2 is 1.67 bits per heavy atom. The molecule has 33 heavy (non-hydrogen) atoms. The van der Waals surface area contributed by atoms with Gasteiger partial charge in [-0.25, -0.2) is 0 Å². The van der Waals surface area contributed by atoms with Crippen LogP contribution in [-0.2, 0) is 0 Å². The number of likely N-dealkylation sites (tertiary alicyclic amines) is 1. The second kappa shape index (κ2) is 11.3. The SMILES string of the molecule is C[C@@H](COc1ccccc1)N1CCCC1.Oc1ccc([C@@H]2COc3ccc(O)cc3S2)cc1. The summed E-state index contributed by atoms with van der Waals surface area (Å²) in [5.41, 5.74) is 1.10. The van der Waals surface area contributed by atoms with Gasteiger partial charge >= 0.3 is 0 Å². The molecule has 1 fully saturated rings. The fourth-order valence-corrected chi connectivity index (χ4v) is 5.10. The third kappa shape index (κ3) is 6.59. The maximum absolute atomic E-state index is 9.48. The molecular weight excluding hydrogens is 434 g/mol. The zero-order valence-corrected chi connectivity index (χ0v) is 19.7. The molecular formula is C27H31NO4S. The third-order valence-electron chi connectivity index (χ3n) is 5.85. The van der Waals surface area contributed by atoms with Crippen LogP contribution in [0.4, 0.5) is 0 Å². The molecule has 6 heteroatoms. The first kappa shape index (κ1) is 23.3. The lowest BCUT2D eigenvalue weighted by atomic mass is 10.1. The van der Waals surface area contributed by atoms with Gasteiger partial charge in [-0.15, -0.1) is 11.8 Å². The molecule has 3 aromatic rings. The van der Waals surface area contributed by atoms with Gasteiger partial charge < -0.3 is 19.7 Å². The smallest absolute Gasteiger partial charge is 0.133 e. The second-order valence-electron chi connectivity index (χ2n) is 8.36. The van der Waals surface area contributed by atoms with Crippen molar-refractivity contribution < 1.29 is 19.7 Å². The molecule has 0 saturated carbocycles. The first-order chi connectivity index (χ1) is 16.1. The summed E-state index contributed by atoms with van der Waals surface area (Å²) in [5.74, 6) is 2.30. The number of rotatable bonds is 5. The summed E-state index contributed by atoms with van der Waals surface area (Å²) < 4.78 is 11.4. The van der Waals surface area contributed by atoms with Crippen LogP contribution in [0.3, 0.4) is 0 Å². The normalized spacial score (nSPS) is 18.4. The second-order valence-corrected chi connectivity index (χ2v) is 9.60. The summed E-state index contributed by atoms with van der Waals surface area (Å²) in [4.78, 5) is 3.45. The van der Waals surface area contributed by atoms with E-state index in [0.29, 0.717) is 12.6 Å². The zero-order chi connectivity index (χ0) is 23.0. The Hall–Kier alpha value is -2.83. The summed E-state index contributed by atoms with van der Waals surface area (Å²) >= 11 is 1.66. The Bertz CT molecular complexity index is 1010. The standard InChI is InChI=1S/C14H12O3S.C13H19NO/c15-10-3-1-9(2-4-10)14-8-17-12-6-5-11(16)7-13(12)18-14;1-12(14-9-5-6-10-14)11-15-13-7-3-2-4-8-13/h1-7,14-16H,8H2;2-4,7-8,12H,5-6,9-11H2,1H3/t14-;12-/m00/s1. The molecule has 0 aromatic heterocycles. The van der Waals surface area contributed by atoms with Crippen LogP contribution in [0.25, 0.3) is 0 Å². The zero-order valence-electron chi connectivity index (χ0n) is 18.9. The lowest BCUT2D eigenvalue weighted by molar-refractivity contribution is 0.172. The number of thioether (sulfide) groups is 1. The number of nitrogens with zero attached hydrogens (tertiary/aromatic N) is 1. The van der Waals surface area contributed by atoms with E-state index in [1.807, 2.05) is 42.5 Å². The topological polar surface area (TPSA) is 62.2 Å². The van der Waals surface area contributed by atoms with Gasteiger partial charge in [-0.05, 0) is 80.9 Å². The van der Waals surface area contributed by atoms with Crippen LogP contribution in [0.2, 0.25) is 0 Å². The molecule has 3 aromatic carbocycles. The van der Waals surface area contributed by atoms with E-state index < -0.39 is 0 Å². The van der Waals surface area contributed by atoms with E-state index in [0.717, 1.165) is 28.6 Å². The number of phenolic OH excluding ortho intramolecular Hbond substituents is 2. The molecule has 0 spiro atoms. The van der Waals surface area contributed by atoms with Crippen LogP contribution in [0.15, 0.2) is 77.7 Å². The van der Waals surface area contributed by atoms with Crippen molar-refractivity contribution in [3.8, 4) is 23.0 Å². The fraction of sp³-hybridized carbons (Fsp3) is 0.333. The summed E-state index contributed by atoms with van der Waals surface area (Å²) in [6.07, 6.45) is 2.69. The van der Waals surface area contributed by atoms with Crippen molar-refractivity contribution in [2.24, 2.45) is 0 Å². The van der Waals surface area contributed by atoms with Crippen molar-refractivity contribution in [1.29, 1.82) is 0 Å². The summed E-state index contributed by atoms with van der Waals surface area (Å²) in [6.45, 7) is 6.10. The van der Waals surface area contributed by atoms with Gasteiger partial charge in [0.15, 0.2) is 0 Å². The molecule has 2 atom stereocenters. The van der Waals surface area contributed by atoms with Crippen molar-refractivity contribution in [1.82, 2.24) is 4.90 Å². The minimum atomic E-state index is 0.180. The highest BCUT2D eigenvalue weighted by molar-refractivity contribution is 7.99. The van der Waals surface area contributed by atoms with Crippen molar-refractivity contribution in [3.63, 3.8) is 0 Å². The predicted octanol–water partition coefficient (Wildman–Crippen LogP) is 5.87. The monoisotopic (exact) mass is 465 g/mol. The number of hydrogen-bond donors (Lipinski definition) is 2. The van der Waals surface area contributed by atoms with E-state index in [4.69, 9.17) is 9.47 Å². The number of aromatic hydroxyl groups is 2. The molecule has 0 unspecified atom stereocenters. The van der Waals surface area contributed by atoms with Crippen molar-refractivity contribution in [3.05, 3.63) is 78.4 Å². The summed E-state index contributed by atoms with van der Waals surface area (Å²) in [6, 6.07) is 22.8. The molecule has 0 amide bonds.